The lowest BCUT2D eigenvalue weighted by molar-refractivity contribution is 0.173. The van der Waals surface area contributed by atoms with Crippen LogP contribution >= 0.6 is 11.6 Å². The number of benzene rings is 2. The van der Waals surface area contributed by atoms with Crippen molar-refractivity contribution in [3.05, 3.63) is 53.4 Å². The highest BCUT2D eigenvalue weighted by atomic mass is 35.5. The summed E-state index contributed by atoms with van der Waals surface area (Å²) in [4.78, 5) is 6.78. The first-order chi connectivity index (χ1) is 15.5. The van der Waals surface area contributed by atoms with E-state index in [0.717, 1.165) is 54.4 Å². The molecule has 1 saturated heterocycles. The van der Waals surface area contributed by atoms with Crippen LogP contribution in [0.15, 0.2) is 42.6 Å². The zero-order chi connectivity index (χ0) is 22.2. The minimum atomic E-state index is -0.744. The van der Waals surface area contributed by atoms with Crippen LogP contribution in [0.2, 0.25) is 5.02 Å². The van der Waals surface area contributed by atoms with Crippen LogP contribution in [0.5, 0.6) is 5.75 Å². The van der Waals surface area contributed by atoms with Gasteiger partial charge in [0.2, 0.25) is 0 Å². The van der Waals surface area contributed by atoms with Gasteiger partial charge in [-0.3, -0.25) is 9.88 Å². The molecule has 4 nitrogen and oxygen atoms in total. The number of anilines is 1. The molecule has 1 saturated carbocycles. The van der Waals surface area contributed by atoms with Gasteiger partial charge in [-0.15, -0.1) is 0 Å². The van der Waals surface area contributed by atoms with Crippen LogP contribution in [0, 0.1) is 5.82 Å². The fourth-order valence-corrected chi connectivity index (χ4v) is 5.27. The van der Waals surface area contributed by atoms with Gasteiger partial charge in [-0.2, -0.15) is 0 Å². The molecule has 3 aromatic rings. The summed E-state index contributed by atoms with van der Waals surface area (Å²) in [5.74, 6) is -1.28. The minimum absolute atomic E-state index is 0.0153. The normalized spacial score (nSPS) is 24.2. The number of hydrogen-bond acceptors (Lipinski definition) is 4. The minimum Gasteiger partial charge on any atom is -0.504 e. The first kappa shape index (κ1) is 21.4. The van der Waals surface area contributed by atoms with Crippen molar-refractivity contribution in [1.82, 2.24) is 9.88 Å². The topological polar surface area (TPSA) is 48.4 Å². The summed E-state index contributed by atoms with van der Waals surface area (Å²) >= 11 is 5.98. The van der Waals surface area contributed by atoms with Crippen molar-refractivity contribution in [2.24, 2.45) is 0 Å². The Kier molecular flexibility index (Phi) is 5.91. The molecular weight excluding hydrogens is 432 g/mol. The molecule has 0 radical (unpaired) electrons. The number of halogens is 3. The summed E-state index contributed by atoms with van der Waals surface area (Å²) in [6, 6.07) is 11.4. The van der Waals surface area contributed by atoms with Crippen LogP contribution in [-0.2, 0) is 0 Å². The third kappa shape index (κ3) is 4.26. The molecule has 168 valence electrons. The van der Waals surface area contributed by atoms with Crippen molar-refractivity contribution < 1.29 is 13.9 Å². The van der Waals surface area contributed by atoms with Crippen molar-refractivity contribution >= 4 is 28.2 Å². The number of nitrogens with zero attached hydrogens (tertiary/aromatic N) is 2. The Morgan fingerprint density at radius 2 is 1.84 bits per heavy atom. The lowest BCUT2D eigenvalue weighted by Crippen LogP contribution is -2.39. The number of hydrogen-bond donors (Lipinski definition) is 2. The fraction of sp³-hybridized carbons (Fsp3) is 0.400. The number of aromatic nitrogens is 1. The van der Waals surface area contributed by atoms with Crippen LogP contribution < -0.4 is 5.32 Å². The molecule has 1 atom stereocenters. The predicted octanol–water partition coefficient (Wildman–Crippen LogP) is 6.17. The number of phenolic OH excluding ortho intramolecular Hbond substituents is 1. The maximum atomic E-state index is 14.0. The molecule has 32 heavy (non-hydrogen) atoms. The smallest absolute Gasteiger partial charge is 0.170 e. The number of pyridine rings is 1. The molecule has 1 unspecified atom stereocenters. The molecule has 7 heteroatoms. The second-order valence-electron chi connectivity index (χ2n) is 8.91. The summed E-state index contributed by atoms with van der Waals surface area (Å²) in [6.07, 6.45) is 6.02. The summed E-state index contributed by atoms with van der Waals surface area (Å²) < 4.78 is 27.6. The van der Waals surface area contributed by atoms with E-state index < -0.39 is 17.7 Å². The van der Waals surface area contributed by atoms with E-state index in [4.69, 9.17) is 11.6 Å². The van der Waals surface area contributed by atoms with Crippen LogP contribution in [0.1, 0.15) is 32.1 Å². The Morgan fingerprint density at radius 1 is 1.03 bits per heavy atom. The van der Waals surface area contributed by atoms with Gasteiger partial charge in [0.15, 0.2) is 11.6 Å². The highest BCUT2D eigenvalue weighted by molar-refractivity contribution is 6.32. The number of nitrogens with one attached hydrogen (secondary N) is 1. The lowest BCUT2D eigenvalue weighted by Gasteiger charge is -2.35. The zero-order valence-electron chi connectivity index (χ0n) is 17.7. The number of phenols is 1. The standard InChI is InChI=1S/C25H26ClF2N3O/c26-21-12-16(13-22(28)25(21)32)15-1-6-23-20(11-15)24(7-9-29-23)30-18-2-4-19(5-3-18)31-10-8-17(27)14-31/h1,6-7,9,11-13,17-19,32H,2-5,8,10,14H2,(H,29,30). The van der Waals surface area contributed by atoms with Gasteiger partial charge in [-0.1, -0.05) is 17.7 Å². The van der Waals surface area contributed by atoms with Crippen molar-refractivity contribution in [2.45, 2.75) is 50.4 Å². The second kappa shape index (κ2) is 8.83. The van der Waals surface area contributed by atoms with Gasteiger partial charge >= 0.3 is 0 Å². The number of alkyl halides is 1. The number of rotatable bonds is 4. The Bertz CT molecular complexity index is 1110. The SMILES string of the molecule is Oc1c(F)cc(-c2ccc3nccc(NC4CCC(N5CCC(F)C5)CC4)c3c2)cc1Cl. The molecule has 1 aromatic heterocycles. The molecule has 0 bridgehead atoms. The quantitative estimate of drug-likeness (QED) is 0.492. The molecule has 2 aromatic carbocycles. The maximum Gasteiger partial charge on any atom is 0.170 e. The Morgan fingerprint density at radius 3 is 2.56 bits per heavy atom. The van der Waals surface area contributed by atoms with E-state index in [1.165, 1.54) is 6.07 Å². The van der Waals surface area contributed by atoms with Gasteiger partial charge in [-0.25, -0.2) is 8.78 Å². The van der Waals surface area contributed by atoms with Crippen LogP contribution in [0.3, 0.4) is 0 Å². The van der Waals surface area contributed by atoms with E-state index in [2.05, 4.69) is 15.2 Å². The molecule has 2 heterocycles. The van der Waals surface area contributed by atoms with E-state index >= 15 is 0 Å². The summed E-state index contributed by atoms with van der Waals surface area (Å²) in [5.41, 5.74) is 3.24. The summed E-state index contributed by atoms with van der Waals surface area (Å²) in [5, 5.41) is 14.2. The predicted molar refractivity (Wildman–Crippen MR) is 125 cm³/mol. The van der Waals surface area contributed by atoms with Crippen molar-refractivity contribution in [3.8, 4) is 16.9 Å². The molecule has 0 amide bonds. The number of likely N-dealkylation sites (tertiary alicyclic amines) is 1. The molecule has 2 fully saturated rings. The molecule has 2 N–H and O–H groups in total. The van der Waals surface area contributed by atoms with E-state index in [1.54, 1.807) is 12.3 Å². The molecule has 5 rings (SSSR count). The molecule has 1 aliphatic carbocycles. The van der Waals surface area contributed by atoms with Gasteiger partial charge in [0.1, 0.15) is 6.17 Å². The van der Waals surface area contributed by atoms with Gasteiger partial charge in [0.05, 0.1) is 10.5 Å². The molecule has 1 aliphatic heterocycles. The third-order valence-corrected chi connectivity index (χ3v) is 7.11. The average molecular weight is 458 g/mol. The Balaban J connectivity index is 1.35. The average Bonchev–Trinajstić information content (AvgIpc) is 3.24. The summed E-state index contributed by atoms with van der Waals surface area (Å²) in [6.45, 7) is 1.46. The lowest BCUT2D eigenvalue weighted by atomic mass is 9.90. The monoisotopic (exact) mass is 457 g/mol. The van der Waals surface area contributed by atoms with Crippen molar-refractivity contribution in [2.75, 3.05) is 18.4 Å². The molecule has 2 aliphatic rings. The maximum absolute atomic E-state index is 14.0. The van der Waals surface area contributed by atoms with E-state index in [0.29, 0.717) is 30.6 Å². The van der Waals surface area contributed by atoms with Gasteiger partial charge < -0.3 is 10.4 Å². The van der Waals surface area contributed by atoms with E-state index in [1.807, 2.05) is 24.3 Å². The largest absolute Gasteiger partial charge is 0.504 e. The van der Waals surface area contributed by atoms with Crippen LogP contribution in [0.25, 0.3) is 22.0 Å². The van der Waals surface area contributed by atoms with E-state index in [-0.39, 0.29) is 5.02 Å². The first-order valence-electron chi connectivity index (χ1n) is 11.2. The van der Waals surface area contributed by atoms with Crippen molar-refractivity contribution in [3.63, 3.8) is 0 Å². The van der Waals surface area contributed by atoms with Gasteiger partial charge in [-0.05, 0) is 73.6 Å². The molecular formula is C25H26ClF2N3O. The zero-order valence-corrected chi connectivity index (χ0v) is 18.5. The summed E-state index contributed by atoms with van der Waals surface area (Å²) in [7, 11) is 0. The number of aromatic hydroxyl groups is 1. The third-order valence-electron chi connectivity index (χ3n) is 6.83. The van der Waals surface area contributed by atoms with Gasteiger partial charge in [0, 0.05) is 42.4 Å². The molecule has 0 spiro atoms. The highest BCUT2D eigenvalue weighted by Gasteiger charge is 2.31. The highest BCUT2D eigenvalue weighted by Crippen LogP contribution is 2.35. The first-order valence-corrected chi connectivity index (χ1v) is 11.6. The fourth-order valence-electron chi connectivity index (χ4n) is 5.06. The van der Waals surface area contributed by atoms with E-state index in [9.17, 15) is 13.9 Å². The Hall–Kier alpha value is -2.44. The second-order valence-corrected chi connectivity index (χ2v) is 9.32. The van der Waals surface area contributed by atoms with Crippen LogP contribution in [-0.4, -0.2) is 46.3 Å². The van der Waals surface area contributed by atoms with Gasteiger partial charge in [0.25, 0.3) is 0 Å². The Labute approximate surface area is 191 Å². The number of fused-ring (bicyclic) bond motifs is 1. The van der Waals surface area contributed by atoms with Crippen molar-refractivity contribution in [1.29, 1.82) is 0 Å². The van der Waals surface area contributed by atoms with Crippen LogP contribution in [0.4, 0.5) is 14.5 Å².